The van der Waals surface area contributed by atoms with Gasteiger partial charge in [-0.1, -0.05) is 32.0 Å². The van der Waals surface area contributed by atoms with Crippen molar-refractivity contribution in [1.29, 1.82) is 5.26 Å². The van der Waals surface area contributed by atoms with Crippen molar-refractivity contribution in [3.8, 4) is 23.3 Å². The molecule has 1 aliphatic rings. The number of nitrogens with zero attached hydrogens (tertiary/aromatic N) is 5. The molecule has 2 aromatic heterocycles. The molecule has 1 saturated heterocycles. The highest BCUT2D eigenvalue weighted by molar-refractivity contribution is 5.92. The monoisotopic (exact) mass is 591 g/mol. The number of imidazole rings is 1. The van der Waals surface area contributed by atoms with E-state index < -0.39 is 11.8 Å². The van der Waals surface area contributed by atoms with Crippen LogP contribution in [0.4, 0.5) is 4.39 Å². The Kier molecular flexibility index (Phi) is 7.57. The van der Waals surface area contributed by atoms with E-state index in [1.165, 1.54) is 12.1 Å². The lowest BCUT2D eigenvalue weighted by Gasteiger charge is -2.28. The number of aromatic nitrogens is 4. The third-order valence-corrected chi connectivity index (χ3v) is 8.08. The van der Waals surface area contributed by atoms with Gasteiger partial charge in [-0.15, -0.1) is 0 Å². The fraction of sp³-hybridized carbons (Fsp3) is 0.265. The Morgan fingerprint density at radius 3 is 2.66 bits per heavy atom. The van der Waals surface area contributed by atoms with Gasteiger partial charge >= 0.3 is 12.0 Å². The Balaban J connectivity index is 1.30. The predicted molar refractivity (Wildman–Crippen MR) is 161 cm³/mol. The van der Waals surface area contributed by atoms with Gasteiger partial charge in [0.15, 0.2) is 0 Å². The summed E-state index contributed by atoms with van der Waals surface area (Å²) >= 11 is 0. The molecule has 3 aromatic carbocycles. The summed E-state index contributed by atoms with van der Waals surface area (Å²) in [5.74, 6) is -0.790. The predicted octanol–water partition coefficient (Wildman–Crippen LogP) is 6.28. The standard InChI is InChI=1S/C34H30FN5O4/c1-20-12-24(14-31-38-28-9-8-23(32(41)42)13-29(28)40(31)30-18-43-19-34(30,2)3)26(35)15-25(20)27-10-11-37-33(39-27)44-17-22-6-4-21(16-36)5-7-22/h4-13,15,30H,14,17-19H2,1-3H3,(H,41,42)/t30-/m1/s1. The molecule has 0 saturated carbocycles. The summed E-state index contributed by atoms with van der Waals surface area (Å²) in [6, 6.07) is 19.0. The first-order valence-electron chi connectivity index (χ1n) is 14.2. The van der Waals surface area contributed by atoms with Gasteiger partial charge in [-0.25, -0.2) is 19.2 Å². The van der Waals surface area contributed by atoms with Crippen molar-refractivity contribution in [3.05, 3.63) is 106 Å². The number of hydrogen-bond donors (Lipinski definition) is 1. The summed E-state index contributed by atoms with van der Waals surface area (Å²) in [4.78, 5) is 25.3. The molecule has 44 heavy (non-hydrogen) atoms. The summed E-state index contributed by atoms with van der Waals surface area (Å²) in [6.07, 6.45) is 1.78. The van der Waals surface area contributed by atoms with Crippen LogP contribution in [0.5, 0.6) is 6.01 Å². The van der Waals surface area contributed by atoms with E-state index >= 15 is 4.39 Å². The Hall–Kier alpha value is -5.14. The van der Waals surface area contributed by atoms with Crippen LogP contribution >= 0.6 is 0 Å². The highest BCUT2D eigenvalue weighted by Gasteiger charge is 2.39. The van der Waals surface area contributed by atoms with E-state index in [0.717, 1.165) is 11.1 Å². The number of hydrogen-bond acceptors (Lipinski definition) is 7. The molecule has 0 amide bonds. The van der Waals surface area contributed by atoms with Gasteiger partial charge in [-0.2, -0.15) is 10.2 Å². The van der Waals surface area contributed by atoms with Crippen molar-refractivity contribution < 1.29 is 23.8 Å². The van der Waals surface area contributed by atoms with Crippen LogP contribution in [0, 0.1) is 29.5 Å². The number of aryl methyl sites for hydroxylation is 1. The molecule has 1 fully saturated rings. The molecule has 1 atom stereocenters. The van der Waals surface area contributed by atoms with Crippen LogP contribution in [0.1, 0.15) is 58.3 Å². The number of carboxylic acid groups (broad SMARTS) is 1. The second-order valence-corrected chi connectivity index (χ2v) is 11.7. The normalized spacial score (nSPS) is 15.8. The molecule has 0 aliphatic carbocycles. The van der Waals surface area contributed by atoms with Crippen molar-refractivity contribution in [2.24, 2.45) is 5.41 Å². The van der Waals surface area contributed by atoms with Crippen LogP contribution in [0.2, 0.25) is 0 Å². The maximum absolute atomic E-state index is 15.8. The average molecular weight is 592 g/mol. The van der Waals surface area contributed by atoms with Crippen molar-refractivity contribution >= 4 is 17.0 Å². The van der Waals surface area contributed by atoms with Gasteiger partial charge in [0.05, 0.1) is 53.2 Å². The average Bonchev–Trinajstić information content (AvgIpc) is 3.55. The van der Waals surface area contributed by atoms with Gasteiger partial charge in [-0.05, 0) is 66.1 Å². The first kappa shape index (κ1) is 29.0. The van der Waals surface area contributed by atoms with Crippen LogP contribution in [-0.4, -0.2) is 43.8 Å². The van der Waals surface area contributed by atoms with Gasteiger partial charge in [0, 0.05) is 23.6 Å². The van der Waals surface area contributed by atoms with Crippen molar-refractivity contribution in [2.75, 3.05) is 13.2 Å². The summed E-state index contributed by atoms with van der Waals surface area (Å²) in [5.41, 5.74) is 5.12. The lowest BCUT2D eigenvalue weighted by molar-refractivity contribution is 0.0697. The van der Waals surface area contributed by atoms with Crippen LogP contribution in [0.15, 0.2) is 66.9 Å². The fourth-order valence-electron chi connectivity index (χ4n) is 5.63. The first-order valence-corrected chi connectivity index (χ1v) is 14.2. The Morgan fingerprint density at radius 1 is 1.16 bits per heavy atom. The molecule has 0 unspecified atom stereocenters. The third kappa shape index (κ3) is 5.62. The molecular formula is C34H30FN5O4. The largest absolute Gasteiger partial charge is 0.478 e. The van der Waals surface area contributed by atoms with E-state index in [1.54, 1.807) is 54.7 Å². The molecule has 0 bridgehead atoms. The van der Waals surface area contributed by atoms with E-state index in [0.29, 0.717) is 52.5 Å². The highest BCUT2D eigenvalue weighted by Crippen LogP contribution is 2.40. The van der Waals surface area contributed by atoms with Crippen LogP contribution in [0.25, 0.3) is 22.3 Å². The first-order chi connectivity index (χ1) is 21.1. The molecule has 1 aliphatic heterocycles. The Labute approximate surface area is 253 Å². The summed E-state index contributed by atoms with van der Waals surface area (Å²) in [7, 11) is 0. The number of ether oxygens (including phenoxy) is 2. The number of carboxylic acids is 1. The Bertz CT molecular complexity index is 1930. The van der Waals surface area contributed by atoms with Gasteiger partial charge in [0.25, 0.3) is 0 Å². The minimum Gasteiger partial charge on any atom is -0.478 e. The number of carbonyl (C=O) groups is 1. The van der Waals surface area contributed by atoms with E-state index in [-0.39, 0.29) is 36.1 Å². The molecule has 222 valence electrons. The molecule has 10 heteroatoms. The molecule has 3 heterocycles. The number of aromatic carboxylic acids is 1. The lowest BCUT2D eigenvalue weighted by atomic mass is 9.87. The quantitative estimate of drug-likeness (QED) is 0.224. The smallest absolute Gasteiger partial charge is 0.335 e. The van der Waals surface area contributed by atoms with E-state index in [9.17, 15) is 9.90 Å². The minimum absolute atomic E-state index is 0.0984. The number of benzene rings is 3. The molecule has 0 radical (unpaired) electrons. The summed E-state index contributed by atoms with van der Waals surface area (Å²) in [5, 5.41) is 18.6. The summed E-state index contributed by atoms with van der Waals surface area (Å²) in [6.45, 7) is 7.32. The molecule has 1 N–H and O–H groups in total. The zero-order valence-corrected chi connectivity index (χ0v) is 24.5. The second-order valence-electron chi connectivity index (χ2n) is 11.7. The van der Waals surface area contributed by atoms with Crippen molar-refractivity contribution in [2.45, 2.75) is 39.8 Å². The molecule has 0 spiro atoms. The van der Waals surface area contributed by atoms with Gasteiger partial charge < -0.3 is 19.1 Å². The maximum Gasteiger partial charge on any atom is 0.335 e. The van der Waals surface area contributed by atoms with E-state index in [2.05, 4.69) is 29.9 Å². The Morgan fingerprint density at radius 2 is 1.95 bits per heavy atom. The van der Waals surface area contributed by atoms with E-state index in [4.69, 9.17) is 19.7 Å². The van der Waals surface area contributed by atoms with Crippen molar-refractivity contribution in [1.82, 2.24) is 19.5 Å². The minimum atomic E-state index is -1.02. The zero-order valence-electron chi connectivity index (χ0n) is 24.5. The van der Waals surface area contributed by atoms with Crippen LogP contribution in [0.3, 0.4) is 0 Å². The molecular weight excluding hydrogens is 561 g/mol. The SMILES string of the molecule is Cc1cc(Cc2nc3ccc(C(=O)O)cc3n2[C@@H]2COCC2(C)C)c(F)cc1-c1ccnc(OCc2ccc(C#N)cc2)n1. The number of nitriles is 1. The zero-order chi connectivity index (χ0) is 31.0. The van der Waals surface area contributed by atoms with Crippen molar-refractivity contribution in [3.63, 3.8) is 0 Å². The maximum atomic E-state index is 15.8. The molecule has 6 rings (SSSR count). The van der Waals surface area contributed by atoms with Crippen LogP contribution in [-0.2, 0) is 17.8 Å². The molecule has 5 aromatic rings. The highest BCUT2D eigenvalue weighted by atomic mass is 19.1. The van der Waals surface area contributed by atoms with Gasteiger partial charge in [0.2, 0.25) is 0 Å². The van der Waals surface area contributed by atoms with Gasteiger partial charge in [0.1, 0.15) is 18.2 Å². The molecule has 9 nitrogen and oxygen atoms in total. The second kappa shape index (κ2) is 11.5. The lowest BCUT2D eigenvalue weighted by Crippen LogP contribution is -2.27. The summed E-state index contributed by atoms with van der Waals surface area (Å²) < 4.78 is 29.4. The fourth-order valence-corrected chi connectivity index (χ4v) is 5.63. The number of fused-ring (bicyclic) bond motifs is 1. The third-order valence-electron chi connectivity index (χ3n) is 8.08. The van der Waals surface area contributed by atoms with Crippen LogP contribution < -0.4 is 4.74 Å². The topological polar surface area (TPSA) is 123 Å². The number of rotatable bonds is 8. The van der Waals surface area contributed by atoms with E-state index in [1.807, 2.05) is 11.5 Å². The van der Waals surface area contributed by atoms with Gasteiger partial charge in [-0.3, -0.25) is 0 Å². The number of halogens is 1.